The minimum atomic E-state index is 0.516. The monoisotopic (exact) mass is 187 g/mol. The van der Waals surface area contributed by atoms with Crippen LogP contribution in [0.3, 0.4) is 0 Å². The van der Waals surface area contributed by atoms with E-state index in [1.165, 1.54) is 25.7 Å². The van der Waals surface area contributed by atoms with E-state index in [1.54, 1.807) is 0 Å². The van der Waals surface area contributed by atoms with Gasteiger partial charge in [-0.3, -0.25) is 0 Å². The quantitative estimate of drug-likeness (QED) is 0.324. The summed E-state index contributed by atoms with van der Waals surface area (Å²) in [5.74, 6) is 5.89. The molecule has 12 heavy (non-hydrogen) atoms. The number of thiocarbonyl (C=S) groups is 1. The fourth-order valence-corrected chi connectivity index (χ4v) is 1.89. The van der Waals surface area contributed by atoms with Gasteiger partial charge in [0.15, 0.2) is 5.11 Å². The first-order chi connectivity index (χ1) is 5.74. The molecule has 0 bridgehead atoms. The van der Waals surface area contributed by atoms with Gasteiger partial charge in [0.25, 0.3) is 0 Å². The molecule has 1 aliphatic rings. The van der Waals surface area contributed by atoms with Gasteiger partial charge < -0.3 is 10.7 Å². The molecule has 0 saturated heterocycles. The summed E-state index contributed by atoms with van der Waals surface area (Å²) in [4.78, 5) is 0. The Kier molecular flexibility index (Phi) is 3.75. The molecule has 0 aromatic heterocycles. The highest BCUT2D eigenvalue weighted by Crippen LogP contribution is 2.23. The second kappa shape index (κ2) is 4.62. The van der Waals surface area contributed by atoms with Gasteiger partial charge in [0.1, 0.15) is 0 Å². The lowest BCUT2D eigenvalue weighted by Crippen LogP contribution is -2.48. The highest BCUT2D eigenvalue weighted by molar-refractivity contribution is 7.80. The van der Waals surface area contributed by atoms with E-state index in [4.69, 9.17) is 18.1 Å². The molecule has 1 fully saturated rings. The highest BCUT2D eigenvalue weighted by Gasteiger charge is 2.21. The summed E-state index contributed by atoms with van der Waals surface area (Å²) in [7, 11) is 0. The number of hydrazine groups is 1. The van der Waals surface area contributed by atoms with E-state index in [1.807, 2.05) is 0 Å². The van der Waals surface area contributed by atoms with Gasteiger partial charge in [-0.1, -0.05) is 19.8 Å². The number of nitrogens with two attached hydrogens (primary N) is 1. The van der Waals surface area contributed by atoms with Gasteiger partial charge in [-0.2, -0.15) is 0 Å². The topological polar surface area (TPSA) is 50.1 Å². The lowest BCUT2D eigenvalue weighted by molar-refractivity contribution is 0.308. The van der Waals surface area contributed by atoms with Crippen molar-refractivity contribution in [2.45, 2.75) is 38.6 Å². The molecule has 0 heterocycles. The second-order valence-electron chi connectivity index (χ2n) is 3.49. The molecular weight excluding hydrogens is 170 g/mol. The number of hydrogen-bond acceptors (Lipinski definition) is 2. The summed E-state index contributed by atoms with van der Waals surface area (Å²) in [6.07, 6.45) is 5.16. The van der Waals surface area contributed by atoms with Crippen LogP contribution in [-0.2, 0) is 0 Å². The van der Waals surface area contributed by atoms with Gasteiger partial charge in [0.05, 0.1) is 0 Å². The van der Waals surface area contributed by atoms with Crippen LogP contribution >= 0.6 is 12.2 Å². The zero-order valence-corrected chi connectivity index (χ0v) is 8.29. The van der Waals surface area contributed by atoms with Crippen molar-refractivity contribution < 1.29 is 0 Å². The van der Waals surface area contributed by atoms with Gasteiger partial charge in [0.2, 0.25) is 0 Å². The molecule has 0 amide bonds. The Balaban J connectivity index is 2.33. The van der Waals surface area contributed by atoms with Crippen molar-refractivity contribution in [3.05, 3.63) is 0 Å². The van der Waals surface area contributed by atoms with Crippen LogP contribution in [0.2, 0.25) is 0 Å². The van der Waals surface area contributed by atoms with Crippen molar-refractivity contribution in [1.82, 2.24) is 10.7 Å². The third kappa shape index (κ3) is 2.60. The molecule has 0 aliphatic heterocycles. The van der Waals surface area contributed by atoms with Gasteiger partial charge in [-0.15, -0.1) is 0 Å². The lowest BCUT2D eigenvalue weighted by Gasteiger charge is -2.30. The van der Waals surface area contributed by atoms with E-state index >= 15 is 0 Å². The van der Waals surface area contributed by atoms with Gasteiger partial charge in [-0.25, -0.2) is 5.84 Å². The Bertz CT molecular complexity index is 160. The third-order valence-electron chi connectivity index (χ3n) is 2.56. The molecule has 0 aromatic carbocycles. The minimum Gasteiger partial charge on any atom is -0.359 e. The van der Waals surface area contributed by atoms with Crippen molar-refractivity contribution in [2.24, 2.45) is 11.8 Å². The number of rotatable bonds is 1. The predicted octanol–water partition coefficient (Wildman–Crippen LogP) is 0.903. The summed E-state index contributed by atoms with van der Waals surface area (Å²) in [5, 5.41) is 3.78. The minimum absolute atomic E-state index is 0.516. The van der Waals surface area contributed by atoms with Gasteiger partial charge >= 0.3 is 0 Å². The van der Waals surface area contributed by atoms with Crippen LogP contribution in [0, 0.1) is 5.92 Å². The molecule has 0 spiro atoms. The largest absolute Gasteiger partial charge is 0.359 e. The molecule has 4 N–H and O–H groups in total. The Morgan fingerprint density at radius 3 is 2.67 bits per heavy atom. The molecular formula is C8H17N3S. The van der Waals surface area contributed by atoms with Gasteiger partial charge in [-0.05, 0) is 31.0 Å². The maximum absolute atomic E-state index is 5.18. The molecule has 0 radical (unpaired) electrons. The molecule has 0 unspecified atom stereocenters. The molecule has 1 saturated carbocycles. The van der Waals surface area contributed by atoms with E-state index in [0.29, 0.717) is 17.1 Å². The molecule has 2 atom stereocenters. The van der Waals surface area contributed by atoms with Crippen LogP contribution in [-0.4, -0.2) is 11.2 Å². The first-order valence-corrected chi connectivity index (χ1v) is 4.92. The van der Waals surface area contributed by atoms with Crippen molar-refractivity contribution in [1.29, 1.82) is 0 Å². The van der Waals surface area contributed by atoms with Crippen molar-refractivity contribution in [3.8, 4) is 0 Å². The van der Waals surface area contributed by atoms with Crippen molar-refractivity contribution in [2.75, 3.05) is 0 Å². The van der Waals surface area contributed by atoms with Crippen LogP contribution in [0.5, 0.6) is 0 Å². The van der Waals surface area contributed by atoms with E-state index < -0.39 is 0 Å². The lowest BCUT2D eigenvalue weighted by atomic mass is 9.86. The summed E-state index contributed by atoms with van der Waals surface area (Å²) in [5.41, 5.74) is 2.45. The summed E-state index contributed by atoms with van der Waals surface area (Å²) in [6.45, 7) is 2.26. The first kappa shape index (κ1) is 9.74. The normalized spacial score (nSPS) is 29.5. The zero-order chi connectivity index (χ0) is 8.97. The second-order valence-corrected chi connectivity index (χ2v) is 3.89. The van der Waals surface area contributed by atoms with Crippen LogP contribution < -0.4 is 16.6 Å². The maximum atomic E-state index is 5.18. The van der Waals surface area contributed by atoms with E-state index in [-0.39, 0.29) is 0 Å². The SMILES string of the molecule is C[C@@H]1CCCC[C@@H]1NC(=S)NN. The Hall–Kier alpha value is -0.350. The molecule has 0 aromatic rings. The number of hydrogen-bond donors (Lipinski definition) is 3. The smallest absolute Gasteiger partial charge is 0.180 e. The molecule has 1 rings (SSSR count). The summed E-state index contributed by atoms with van der Waals surface area (Å²) < 4.78 is 0. The van der Waals surface area contributed by atoms with E-state index in [0.717, 1.165) is 0 Å². The Morgan fingerprint density at radius 1 is 1.42 bits per heavy atom. The van der Waals surface area contributed by atoms with Crippen LogP contribution in [0.15, 0.2) is 0 Å². The van der Waals surface area contributed by atoms with Crippen molar-refractivity contribution in [3.63, 3.8) is 0 Å². The molecule has 70 valence electrons. The Labute approximate surface area is 79.1 Å². The molecule has 4 heteroatoms. The van der Waals surface area contributed by atoms with Crippen molar-refractivity contribution >= 4 is 17.3 Å². The van der Waals surface area contributed by atoms with E-state index in [9.17, 15) is 0 Å². The fourth-order valence-electron chi connectivity index (χ4n) is 1.74. The maximum Gasteiger partial charge on any atom is 0.180 e. The molecule has 3 nitrogen and oxygen atoms in total. The zero-order valence-electron chi connectivity index (χ0n) is 7.47. The van der Waals surface area contributed by atoms with Crippen LogP contribution in [0.25, 0.3) is 0 Å². The van der Waals surface area contributed by atoms with Gasteiger partial charge in [0, 0.05) is 6.04 Å². The first-order valence-electron chi connectivity index (χ1n) is 4.51. The number of nitrogens with one attached hydrogen (secondary N) is 2. The average molecular weight is 187 g/mol. The fraction of sp³-hybridized carbons (Fsp3) is 0.875. The van der Waals surface area contributed by atoms with E-state index in [2.05, 4.69) is 17.7 Å². The van der Waals surface area contributed by atoms with Crippen LogP contribution in [0.1, 0.15) is 32.6 Å². The summed E-state index contributed by atoms with van der Waals surface area (Å²) >= 11 is 4.94. The highest BCUT2D eigenvalue weighted by atomic mass is 32.1. The standard InChI is InChI=1S/C8H17N3S/c1-6-4-2-3-5-7(6)10-8(12)11-9/h6-7H,2-5,9H2,1H3,(H2,10,11,12)/t6-,7+/m1/s1. The van der Waals surface area contributed by atoms with Crippen LogP contribution in [0.4, 0.5) is 0 Å². The predicted molar refractivity (Wildman–Crippen MR) is 54.5 cm³/mol. The third-order valence-corrected chi connectivity index (χ3v) is 2.79. The summed E-state index contributed by atoms with van der Waals surface area (Å²) in [6, 6.07) is 0.516. The Morgan fingerprint density at radius 2 is 2.08 bits per heavy atom. The average Bonchev–Trinajstić information content (AvgIpc) is 2.09. The molecule has 1 aliphatic carbocycles.